The molecule has 2 aromatic rings. The summed E-state index contributed by atoms with van der Waals surface area (Å²) in [5, 5.41) is 12.2. The Morgan fingerprint density at radius 2 is 1.81 bits per heavy atom. The van der Waals surface area contributed by atoms with Gasteiger partial charge in [-0.15, -0.1) is 0 Å². The maximum atomic E-state index is 14.1. The summed E-state index contributed by atoms with van der Waals surface area (Å²) in [5.41, 5.74) is -0.155. The molecule has 37 heavy (non-hydrogen) atoms. The lowest BCUT2D eigenvalue weighted by Gasteiger charge is -2.33. The second-order valence-corrected chi connectivity index (χ2v) is 9.54. The number of halogens is 2. The highest BCUT2D eigenvalue weighted by atomic mass is 35.5. The zero-order valence-electron chi connectivity index (χ0n) is 20.0. The zero-order chi connectivity index (χ0) is 26.9. The average Bonchev–Trinajstić information content (AvgIpc) is 3.35. The van der Waals surface area contributed by atoms with Crippen molar-refractivity contribution in [2.75, 3.05) is 38.2 Å². The Bertz CT molecular complexity index is 1290. The van der Waals surface area contributed by atoms with Crippen LogP contribution in [0.5, 0.6) is 0 Å². The van der Waals surface area contributed by atoms with Crippen LogP contribution in [-0.2, 0) is 14.3 Å². The van der Waals surface area contributed by atoms with Crippen molar-refractivity contribution in [1.82, 2.24) is 15.1 Å². The number of amides is 5. The summed E-state index contributed by atoms with van der Waals surface area (Å²) < 4.78 is 4.86. The van der Waals surface area contributed by atoms with E-state index in [4.69, 9.17) is 27.9 Å². The molecule has 12 heteroatoms. The van der Waals surface area contributed by atoms with E-state index in [-0.39, 0.29) is 42.0 Å². The van der Waals surface area contributed by atoms with E-state index in [0.717, 1.165) is 4.90 Å². The Morgan fingerprint density at radius 1 is 1.16 bits per heavy atom. The number of esters is 1. The lowest BCUT2D eigenvalue weighted by atomic mass is 9.80. The highest BCUT2D eigenvalue weighted by molar-refractivity contribution is 6.35. The first-order chi connectivity index (χ1) is 17.6. The SMILES string of the molecule is CCOC(=O)CNC(=O)N1CC(c2ccc(C#N)cc2)C2(C1)C(=O)N(c1cc(Cl)cc(Cl)c1)C(=O)N2C. The van der Waals surface area contributed by atoms with Gasteiger partial charge in [0.25, 0.3) is 5.91 Å². The van der Waals surface area contributed by atoms with Crippen LogP contribution >= 0.6 is 23.2 Å². The molecule has 0 radical (unpaired) electrons. The lowest BCUT2D eigenvalue weighted by Crippen LogP contribution is -2.54. The fourth-order valence-electron chi connectivity index (χ4n) is 4.83. The molecule has 4 rings (SSSR count). The lowest BCUT2D eigenvalue weighted by molar-refractivity contribution is -0.141. The van der Waals surface area contributed by atoms with E-state index in [1.807, 2.05) is 0 Å². The molecule has 2 fully saturated rings. The van der Waals surface area contributed by atoms with Gasteiger partial charge in [0.1, 0.15) is 12.1 Å². The number of nitriles is 1. The van der Waals surface area contributed by atoms with Crippen molar-refractivity contribution < 1.29 is 23.9 Å². The highest BCUT2D eigenvalue weighted by Gasteiger charge is 2.65. The van der Waals surface area contributed by atoms with Gasteiger partial charge < -0.3 is 19.9 Å². The summed E-state index contributed by atoms with van der Waals surface area (Å²) in [5.74, 6) is -1.77. The number of ether oxygens (including phenoxy) is 1. The summed E-state index contributed by atoms with van der Waals surface area (Å²) in [4.78, 5) is 56.0. The standard InChI is InChI=1S/C25H23Cl2N5O5/c1-3-37-21(33)12-29-23(35)31-13-20(16-6-4-15(11-28)5-7-16)25(14-31)22(34)32(24(36)30(25)2)19-9-17(26)8-18(27)10-19/h4-10,20H,3,12-14H2,1-2H3,(H,29,35). The number of likely N-dealkylation sites (tertiary alicyclic amines) is 1. The minimum atomic E-state index is -1.46. The molecule has 0 saturated carbocycles. The number of carbonyl (C=O) groups is 4. The van der Waals surface area contributed by atoms with Crippen LogP contribution in [0.3, 0.4) is 0 Å². The largest absolute Gasteiger partial charge is 0.465 e. The maximum Gasteiger partial charge on any atom is 0.332 e. The Balaban J connectivity index is 1.73. The Hall–Kier alpha value is -3.81. The van der Waals surface area contributed by atoms with E-state index in [9.17, 15) is 24.4 Å². The van der Waals surface area contributed by atoms with Crippen LogP contribution in [0.25, 0.3) is 0 Å². The van der Waals surface area contributed by atoms with Crippen LogP contribution in [-0.4, -0.2) is 72.6 Å². The first-order valence-corrected chi connectivity index (χ1v) is 12.1. The van der Waals surface area contributed by atoms with Crippen molar-refractivity contribution in [3.63, 3.8) is 0 Å². The van der Waals surface area contributed by atoms with Crippen LogP contribution in [0.1, 0.15) is 24.0 Å². The van der Waals surface area contributed by atoms with Crippen molar-refractivity contribution >= 4 is 52.8 Å². The topological polar surface area (TPSA) is 123 Å². The van der Waals surface area contributed by atoms with Gasteiger partial charge in [-0.2, -0.15) is 5.26 Å². The Labute approximate surface area is 223 Å². The molecule has 2 aromatic carbocycles. The summed E-state index contributed by atoms with van der Waals surface area (Å²) in [7, 11) is 1.50. The molecule has 1 N–H and O–H groups in total. The minimum absolute atomic E-state index is 0.0774. The molecule has 2 atom stereocenters. The van der Waals surface area contributed by atoms with Gasteiger partial charge in [0.05, 0.1) is 30.5 Å². The van der Waals surface area contributed by atoms with E-state index < -0.39 is 35.4 Å². The molecular formula is C25H23Cl2N5O5. The molecule has 1 spiro atoms. The predicted octanol–water partition coefficient (Wildman–Crippen LogP) is 3.37. The number of rotatable bonds is 5. The normalized spacial score (nSPS) is 20.9. The van der Waals surface area contributed by atoms with E-state index in [1.54, 1.807) is 31.2 Å². The number of nitrogens with zero attached hydrogens (tertiary/aromatic N) is 4. The van der Waals surface area contributed by atoms with Crippen molar-refractivity contribution in [3.05, 3.63) is 63.6 Å². The summed E-state index contributed by atoms with van der Waals surface area (Å²) >= 11 is 12.3. The van der Waals surface area contributed by atoms with Crippen LogP contribution in [0.15, 0.2) is 42.5 Å². The molecule has 2 unspecified atom stereocenters. The zero-order valence-corrected chi connectivity index (χ0v) is 21.5. The van der Waals surface area contributed by atoms with E-state index in [1.165, 1.54) is 35.0 Å². The molecule has 5 amide bonds. The van der Waals surface area contributed by atoms with Gasteiger partial charge in [0.2, 0.25) is 0 Å². The fourth-order valence-corrected chi connectivity index (χ4v) is 5.35. The Morgan fingerprint density at radius 3 is 2.41 bits per heavy atom. The monoisotopic (exact) mass is 543 g/mol. The third kappa shape index (κ3) is 4.68. The van der Waals surface area contributed by atoms with Crippen molar-refractivity contribution in [1.29, 1.82) is 5.26 Å². The van der Waals surface area contributed by atoms with Gasteiger partial charge in [-0.05, 0) is 42.8 Å². The van der Waals surface area contributed by atoms with Crippen LogP contribution < -0.4 is 10.2 Å². The molecule has 2 saturated heterocycles. The maximum absolute atomic E-state index is 14.1. The number of urea groups is 2. The highest BCUT2D eigenvalue weighted by Crippen LogP contribution is 2.46. The molecule has 2 aliphatic heterocycles. The van der Waals surface area contributed by atoms with E-state index in [2.05, 4.69) is 11.4 Å². The van der Waals surface area contributed by atoms with E-state index >= 15 is 0 Å². The number of likely N-dealkylation sites (N-methyl/N-ethyl adjacent to an activating group) is 1. The first-order valence-electron chi connectivity index (χ1n) is 11.4. The second kappa shape index (κ2) is 10.3. The molecule has 0 aliphatic carbocycles. The quantitative estimate of drug-likeness (QED) is 0.455. The number of benzene rings is 2. The third-order valence-electron chi connectivity index (χ3n) is 6.59. The van der Waals surface area contributed by atoms with Crippen LogP contribution in [0.4, 0.5) is 15.3 Å². The molecule has 10 nitrogen and oxygen atoms in total. The van der Waals surface area contributed by atoms with Gasteiger partial charge in [-0.3, -0.25) is 9.59 Å². The van der Waals surface area contributed by atoms with Gasteiger partial charge in [0.15, 0.2) is 0 Å². The first kappa shape index (κ1) is 26.3. The molecule has 2 heterocycles. The van der Waals surface area contributed by atoms with Crippen LogP contribution in [0, 0.1) is 11.3 Å². The number of hydrogen-bond donors (Lipinski definition) is 1. The summed E-state index contributed by atoms with van der Waals surface area (Å²) in [6.45, 7) is 1.44. The van der Waals surface area contributed by atoms with Crippen LogP contribution in [0.2, 0.25) is 10.0 Å². The van der Waals surface area contributed by atoms with Gasteiger partial charge in [-0.1, -0.05) is 35.3 Å². The van der Waals surface area contributed by atoms with Crippen molar-refractivity contribution in [2.45, 2.75) is 18.4 Å². The minimum Gasteiger partial charge on any atom is -0.465 e. The number of carbonyl (C=O) groups excluding carboxylic acids is 4. The number of hydrogen-bond acceptors (Lipinski definition) is 6. The Kier molecular flexibility index (Phi) is 7.30. The van der Waals surface area contributed by atoms with Crippen molar-refractivity contribution in [2.24, 2.45) is 0 Å². The third-order valence-corrected chi connectivity index (χ3v) is 7.02. The summed E-state index contributed by atoms with van der Waals surface area (Å²) in [6, 6.07) is 11.9. The molecule has 2 aliphatic rings. The van der Waals surface area contributed by atoms with E-state index in [0.29, 0.717) is 11.1 Å². The molecule has 192 valence electrons. The number of nitrogens with one attached hydrogen (secondary N) is 1. The summed E-state index contributed by atoms with van der Waals surface area (Å²) in [6.07, 6.45) is 0. The number of imide groups is 1. The number of anilines is 1. The van der Waals surface area contributed by atoms with Gasteiger partial charge in [-0.25, -0.2) is 14.5 Å². The predicted molar refractivity (Wildman–Crippen MR) is 135 cm³/mol. The van der Waals surface area contributed by atoms with Gasteiger partial charge >= 0.3 is 18.0 Å². The smallest absolute Gasteiger partial charge is 0.332 e. The molecule has 0 aromatic heterocycles. The van der Waals surface area contributed by atoms with Crippen molar-refractivity contribution in [3.8, 4) is 6.07 Å². The fraction of sp³-hybridized carbons (Fsp3) is 0.320. The molecule has 0 bridgehead atoms. The van der Waals surface area contributed by atoms with Gasteiger partial charge in [0, 0.05) is 29.6 Å². The second-order valence-electron chi connectivity index (χ2n) is 8.66. The molecular weight excluding hydrogens is 521 g/mol. The average molecular weight is 544 g/mol.